The molecule has 1 aliphatic rings. The lowest BCUT2D eigenvalue weighted by Gasteiger charge is -2.39. The Labute approximate surface area is 150 Å². The summed E-state index contributed by atoms with van der Waals surface area (Å²) < 4.78 is 1.58. The van der Waals surface area contributed by atoms with Gasteiger partial charge in [0.15, 0.2) is 5.82 Å². The van der Waals surface area contributed by atoms with Crippen LogP contribution in [0.25, 0.3) is 5.82 Å². The molecule has 0 saturated carbocycles. The molecule has 0 bridgehead atoms. The van der Waals surface area contributed by atoms with Gasteiger partial charge in [0.05, 0.1) is 12.0 Å². The van der Waals surface area contributed by atoms with E-state index in [9.17, 15) is 4.79 Å². The molecular weight excluding hydrogens is 330 g/mol. The Morgan fingerprint density at radius 2 is 1.92 bits per heavy atom. The molecule has 1 fully saturated rings. The summed E-state index contributed by atoms with van der Waals surface area (Å²) in [7, 11) is 0. The van der Waals surface area contributed by atoms with E-state index in [4.69, 9.17) is 0 Å². The van der Waals surface area contributed by atoms with E-state index < -0.39 is 0 Å². The summed E-state index contributed by atoms with van der Waals surface area (Å²) in [6.07, 6.45) is 4.54. The van der Waals surface area contributed by atoms with Crippen LogP contribution in [0.1, 0.15) is 18.5 Å². The second-order valence-corrected chi connectivity index (χ2v) is 6.32. The van der Waals surface area contributed by atoms with Gasteiger partial charge in [-0.15, -0.1) is 0 Å². The lowest BCUT2D eigenvalue weighted by atomic mass is 9.98. The minimum atomic E-state index is -0.0362. The first-order chi connectivity index (χ1) is 12.7. The maximum absolute atomic E-state index is 12.4. The Bertz CT molecular complexity index is 876. The standard InChI is InChI=1S/C18H19N7O/c1-13(14-5-3-2-4-6-14)23-18(26)15-8-24(9-15)16-7-17(21-11-20-16)25-12-19-10-22-25/h2-7,10-13,15H,8-9H2,1H3,(H,23,26)/t13-/m0/s1. The lowest BCUT2D eigenvalue weighted by Crippen LogP contribution is -2.54. The average Bonchev–Trinajstić information content (AvgIpc) is 3.16. The fourth-order valence-electron chi connectivity index (χ4n) is 2.95. The van der Waals surface area contributed by atoms with Gasteiger partial charge in [-0.2, -0.15) is 5.10 Å². The summed E-state index contributed by atoms with van der Waals surface area (Å²) >= 11 is 0. The maximum atomic E-state index is 12.4. The number of carbonyl (C=O) groups is 1. The highest BCUT2D eigenvalue weighted by atomic mass is 16.2. The van der Waals surface area contributed by atoms with Crippen molar-refractivity contribution in [1.29, 1.82) is 0 Å². The van der Waals surface area contributed by atoms with Crippen LogP contribution in [-0.4, -0.2) is 43.7 Å². The SMILES string of the molecule is C[C@H](NC(=O)C1CN(c2cc(-n3cncn3)ncn2)C1)c1ccccc1. The molecule has 0 aliphatic carbocycles. The van der Waals surface area contributed by atoms with Crippen molar-refractivity contribution in [2.75, 3.05) is 18.0 Å². The third-order valence-electron chi connectivity index (χ3n) is 4.53. The first-order valence-electron chi connectivity index (χ1n) is 8.48. The smallest absolute Gasteiger partial charge is 0.227 e. The predicted octanol–water partition coefficient (Wildman–Crippen LogP) is 1.37. The summed E-state index contributed by atoms with van der Waals surface area (Å²) in [5.74, 6) is 1.47. The summed E-state index contributed by atoms with van der Waals surface area (Å²) in [6.45, 7) is 3.28. The van der Waals surface area contributed by atoms with Crippen molar-refractivity contribution in [2.45, 2.75) is 13.0 Å². The number of benzene rings is 1. The van der Waals surface area contributed by atoms with E-state index in [1.54, 1.807) is 11.0 Å². The summed E-state index contributed by atoms with van der Waals surface area (Å²) in [6, 6.07) is 11.8. The first-order valence-corrected chi connectivity index (χ1v) is 8.48. The van der Waals surface area contributed by atoms with E-state index in [0.717, 1.165) is 11.4 Å². The number of anilines is 1. The largest absolute Gasteiger partial charge is 0.355 e. The van der Waals surface area contributed by atoms with Gasteiger partial charge in [0, 0.05) is 19.2 Å². The predicted molar refractivity (Wildman–Crippen MR) is 95.7 cm³/mol. The van der Waals surface area contributed by atoms with E-state index >= 15 is 0 Å². The molecule has 1 amide bonds. The number of nitrogens with zero attached hydrogens (tertiary/aromatic N) is 6. The molecule has 1 atom stereocenters. The van der Waals surface area contributed by atoms with Crippen LogP contribution in [0.15, 0.2) is 55.4 Å². The number of amides is 1. The summed E-state index contributed by atoms with van der Waals surface area (Å²) in [5, 5.41) is 7.15. The summed E-state index contributed by atoms with van der Waals surface area (Å²) in [5.41, 5.74) is 1.10. The van der Waals surface area contributed by atoms with Gasteiger partial charge in [-0.25, -0.2) is 19.6 Å². The van der Waals surface area contributed by atoms with Crippen molar-refractivity contribution < 1.29 is 4.79 Å². The lowest BCUT2D eigenvalue weighted by molar-refractivity contribution is -0.126. The Morgan fingerprint density at radius 1 is 1.15 bits per heavy atom. The van der Waals surface area contributed by atoms with Gasteiger partial charge in [-0.1, -0.05) is 30.3 Å². The van der Waals surface area contributed by atoms with Crippen LogP contribution in [0, 0.1) is 5.92 Å². The molecule has 1 N–H and O–H groups in total. The molecule has 3 aromatic rings. The van der Waals surface area contributed by atoms with Gasteiger partial charge < -0.3 is 10.2 Å². The minimum Gasteiger partial charge on any atom is -0.355 e. The Morgan fingerprint density at radius 3 is 2.65 bits per heavy atom. The van der Waals surface area contributed by atoms with E-state index in [-0.39, 0.29) is 17.9 Å². The van der Waals surface area contributed by atoms with Crippen LogP contribution >= 0.6 is 0 Å². The highest BCUT2D eigenvalue weighted by Crippen LogP contribution is 2.24. The number of rotatable bonds is 5. The molecule has 4 rings (SSSR count). The third kappa shape index (κ3) is 3.26. The quantitative estimate of drug-likeness (QED) is 0.748. The molecule has 132 valence electrons. The molecule has 1 saturated heterocycles. The fourth-order valence-corrected chi connectivity index (χ4v) is 2.95. The number of carbonyl (C=O) groups excluding carboxylic acids is 1. The van der Waals surface area contributed by atoms with Crippen molar-refractivity contribution in [3.05, 3.63) is 60.9 Å². The van der Waals surface area contributed by atoms with Crippen molar-refractivity contribution in [1.82, 2.24) is 30.0 Å². The van der Waals surface area contributed by atoms with Gasteiger partial charge in [0.25, 0.3) is 0 Å². The molecule has 1 aromatic carbocycles. The van der Waals surface area contributed by atoms with Gasteiger partial charge in [-0.3, -0.25) is 4.79 Å². The van der Waals surface area contributed by atoms with Crippen LogP contribution in [-0.2, 0) is 4.79 Å². The number of hydrogen-bond acceptors (Lipinski definition) is 6. The fraction of sp³-hybridized carbons (Fsp3) is 0.278. The second-order valence-electron chi connectivity index (χ2n) is 6.32. The Kier molecular flexibility index (Phi) is 4.30. The van der Waals surface area contributed by atoms with Crippen LogP contribution in [0.2, 0.25) is 0 Å². The van der Waals surface area contributed by atoms with Crippen LogP contribution in [0.5, 0.6) is 0 Å². The molecule has 3 heterocycles. The highest BCUT2D eigenvalue weighted by molar-refractivity contribution is 5.82. The average molecular weight is 349 g/mol. The molecule has 0 radical (unpaired) electrons. The topological polar surface area (TPSA) is 88.8 Å². The van der Waals surface area contributed by atoms with Crippen LogP contribution in [0.4, 0.5) is 5.82 Å². The minimum absolute atomic E-state index is 0.00396. The van der Waals surface area contributed by atoms with Crippen LogP contribution in [0.3, 0.4) is 0 Å². The Hall–Kier alpha value is -3.29. The van der Waals surface area contributed by atoms with Crippen molar-refractivity contribution in [3.8, 4) is 5.82 Å². The second kappa shape index (κ2) is 6.91. The van der Waals surface area contributed by atoms with Gasteiger partial charge in [-0.05, 0) is 12.5 Å². The van der Waals surface area contributed by atoms with E-state index in [2.05, 4.69) is 30.3 Å². The molecule has 0 unspecified atom stereocenters. The monoisotopic (exact) mass is 349 g/mol. The zero-order valence-electron chi connectivity index (χ0n) is 14.4. The molecule has 26 heavy (non-hydrogen) atoms. The first kappa shape index (κ1) is 16.2. The molecule has 8 heteroatoms. The van der Waals surface area contributed by atoms with Gasteiger partial charge in [0.2, 0.25) is 5.91 Å². The normalized spacial score (nSPS) is 15.3. The maximum Gasteiger partial charge on any atom is 0.227 e. The molecule has 8 nitrogen and oxygen atoms in total. The van der Waals surface area contributed by atoms with Gasteiger partial charge >= 0.3 is 0 Å². The van der Waals surface area contributed by atoms with Crippen molar-refractivity contribution >= 4 is 11.7 Å². The van der Waals surface area contributed by atoms with E-state index in [1.807, 2.05) is 43.3 Å². The molecule has 2 aromatic heterocycles. The molecular formula is C18H19N7O. The van der Waals surface area contributed by atoms with Crippen molar-refractivity contribution in [3.63, 3.8) is 0 Å². The molecule has 1 aliphatic heterocycles. The zero-order valence-corrected chi connectivity index (χ0v) is 14.4. The van der Waals surface area contributed by atoms with Gasteiger partial charge in [0.1, 0.15) is 24.8 Å². The summed E-state index contributed by atoms with van der Waals surface area (Å²) in [4.78, 5) is 26.9. The number of nitrogens with one attached hydrogen (secondary N) is 1. The molecule has 0 spiro atoms. The zero-order chi connectivity index (χ0) is 17.9. The van der Waals surface area contributed by atoms with E-state index in [1.165, 1.54) is 12.7 Å². The third-order valence-corrected chi connectivity index (χ3v) is 4.53. The number of aromatic nitrogens is 5. The highest BCUT2D eigenvalue weighted by Gasteiger charge is 2.34. The van der Waals surface area contributed by atoms with E-state index in [0.29, 0.717) is 18.9 Å². The number of hydrogen-bond donors (Lipinski definition) is 1. The Balaban J connectivity index is 1.35. The van der Waals surface area contributed by atoms with Crippen molar-refractivity contribution in [2.24, 2.45) is 5.92 Å². The van der Waals surface area contributed by atoms with Crippen LogP contribution < -0.4 is 10.2 Å².